The van der Waals surface area contributed by atoms with Gasteiger partial charge < -0.3 is 11.1 Å². The first-order valence-corrected chi connectivity index (χ1v) is 5.07. The van der Waals surface area contributed by atoms with Gasteiger partial charge in [0.15, 0.2) is 0 Å². The molecule has 0 atom stereocenters. The molecule has 2 heteroatoms. The van der Waals surface area contributed by atoms with E-state index in [0.29, 0.717) is 0 Å². The van der Waals surface area contributed by atoms with Gasteiger partial charge in [-0.2, -0.15) is 0 Å². The first-order chi connectivity index (χ1) is 5.81. The molecule has 72 valence electrons. The fourth-order valence-corrected chi connectivity index (χ4v) is 1.26. The maximum atomic E-state index is 7.54. The lowest BCUT2D eigenvalue weighted by atomic mass is 10.1. The molecule has 0 aromatic rings. The van der Waals surface area contributed by atoms with Gasteiger partial charge in [0.05, 0.1) is 0 Å². The van der Waals surface area contributed by atoms with Crippen LogP contribution in [0.4, 0.5) is 0 Å². The van der Waals surface area contributed by atoms with Crippen molar-refractivity contribution in [3.63, 3.8) is 0 Å². The van der Waals surface area contributed by atoms with Crippen LogP contribution in [0.1, 0.15) is 51.9 Å². The predicted molar refractivity (Wildman–Crippen MR) is 54.8 cm³/mol. The van der Waals surface area contributed by atoms with Crippen molar-refractivity contribution in [3.05, 3.63) is 0 Å². The van der Waals surface area contributed by atoms with Gasteiger partial charge in [-0.05, 0) is 32.2 Å². The van der Waals surface area contributed by atoms with Crippen molar-refractivity contribution in [2.45, 2.75) is 51.9 Å². The van der Waals surface area contributed by atoms with Crippen LogP contribution in [0.3, 0.4) is 0 Å². The molecule has 0 aromatic carbocycles. The molecule has 3 N–H and O–H groups in total. The Balaban J connectivity index is 3.03. The van der Waals surface area contributed by atoms with Crippen molar-refractivity contribution < 1.29 is 0 Å². The molecule has 0 saturated carbocycles. The highest BCUT2D eigenvalue weighted by atomic mass is 14.5. The maximum Gasteiger partial charge on any atom is 0.00890 e. The van der Waals surface area contributed by atoms with Crippen LogP contribution in [0.2, 0.25) is 0 Å². The second-order valence-corrected chi connectivity index (χ2v) is 3.31. The molecule has 0 aromatic heterocycles. The van der Waals surface area contributed by atoms with E-state index in [0.717, 1.165) is 37.9 Å². The molecule has 0 saturated heterocycles. The summed E-state index contributed by atoms with van der Waals surface area (Å²) in [5.74, 6) is 0. The molecule has 0 aliphatic carbocycles. The first-order valence-electron chi connectivity index (χ1n) is 5.07. The summed E-state index contributed by atoms with van der Waals surface area (Å²) < 4.78 is 0. The fourth-order valence-electron chi connectivity index (χ4n) is 1.26. The molecule has 2 nitrogen and oxygen atoms in total. The Morgan fingerprint density at radius 3 is 2.33 bits per heavy atom. The van der Waals surface area contributed by atoms with E-state index in [1.54, 1.807) is 0 Å². The highest BCUT2D eigenvalue weighted by Gasteiger charge is 1.95. The summed E-state index contributed by atoms with van der Waals surface area (Å²) in [5, 5.41) is 7.54. The van der Waals surface area contributed by atoms with E-state index in [1.165, 1.54) is 19.3 Å². The number of nitrogens with one attached hydrogen (secondary N) is 1. The zero-order chi connectivity index (χ0) is 9.23. The van der Waals surface area contributed by atoms with E-state index in [-0.39, 0.29) is 0 Å². The van der Waals surface area contributed by atoms with Gasteiger partial charge in [0.1, 0.15) is 0 Å². The second kappa shape index (κ2) is 8.72. The van der Waals surface area contributed by atoms with Crippen LogP contribution in [-0.2, 0) is 0 Å². The van der Waals surface area contributed by atoms with Crippen LogP contribution in [-0.4, -0.2) is 12.3 Å². The summed E-state index contributed by atoms with van der Waals surface area (Å²) in [5.41, 5.74) is 6.30. The zero-order valence-corrected chi connectivity index (χ0v) is 8.23. The summed E-state index contributed by atoms with van der Waals surface area (Å²) in [6, 6.07) is 0. The summed E-state index contributed by atoms with van der Waals surface area (Å²) >= 11 is 0. The molecule has 0 bridgehead atoms. The Kier molecular flexibility index (Phi) is 8.46. The van der Waals surface area contributed by atoms with Crippen LogP contribution >= 0.6 is 0 Å². The van der Waals surface area contributed by atoms with Gasteiger partial charge in [0, 0.05) is 5.71 Å². The molecule has 0 unspecified atom stereocenters. The summed E-state index contributed by atoms with van der Waals surface area (Å²) in [7, 11) is 0. The minimum atomic E-state index is 0.812. The van der Waals surface area contributed by atoms with Gasteiger partial charge in [0.2, 0.25) is 0 Å². The molecule has 0 radical (unpaired) electrons. The molecule has 0 spiro atoms. The van der Waals surface area contributed by atoms with Gasteiger partial charge in [-0.25, -0.2) is 0 Å². The van der Waals surface area contributed by atoms with E-state index in [4.69, 9.17) is 11.1 Å². The van der Waals surface area contributed by atoms with Crippen molar-refractivity contribution in [1.82, 2.24) is 0 Å². The number of unbranched alkanes of at least 4 members (excludes halogenated alkanes) is 3. The summed E-state index contributed by atoms with van der Waals surface area (Å²) in [6.07, 6.45) is 7.88. The number of hydrogen-bond acceptors (Lipinski definition) is 2. The Morgan fingerprint density at radius 2 is 1.75 bits per heavy atom. The molecule has 0 amide bonds. The molecule has 12 heavy (non-hydrogen) atoms. The third-order valence-corrected chi connectivity index (χ3v) is 1.98. The SMILES string of the molecule is CCCC(=N)CCCCCCN. The number of rotatable bonds is 8. The van der Waals surface area contributed by atoms with E-state index in [9.17, 15) is 0 Å². The van der Waals surface area contributed by atoms with Crippen LogP contribution in [0.5, 0.6) is 0 Å². The Labute approximate surface area is 76.0 Å². The lowest BCUT2D eigenvalue weighted by Gasteiger charge is -2.01. The Hall–Kier alpha value is -0.370. The van der Waals surface area contributed by atoms with Gasteiger partial charge in [-0.1, -0.05) is 26.2 Å². The molecule has 0 heterocycles. The third-order valence-electron chi connectivity index (χ3n) is 1.98. The maximum absolute atomic E-state index is 7.54. The van der Waals surface area contributed by atoms with E-state index in [1.807, 2.05) is 0 Å². The van der Waals surface area contributed by atoms with Crippen molar-refractivity contribution in [1.29, 1.82) is 5.41 Å². The average Bonchev–Trinajstić information content (AvgIpc) is 2.05. The van der Waals surface area contributed by atoms with Crippen LogP contribution in [0.15, 0.2) is 0 Å². The topological polar surface area (TPSA) is 49.9 Å². The van der Waals surface area contributed by atoms with Crippen LogP contribution < -0.4 is 5.73 Å². The van der Waals surface area contributed by atoms with E-state index < -0.39 is 0 Å². The monoisotopic (exact) mass is 170 g/mol. The standard InChI is InChI=1S/C10H22N2/c1-2-7-10(12)8-5-3-4-6-9-11/h12H,2-9,11H2,1H3. The van der Waals surface area contributed by atoms with E-state index >= 15 is 0 Å². The van der Waals surface area contributed by atoms with Gasteiger partial charge in [-0.3, -0.25) is 0 Å². The number of hydrogen-bond donors (Lipinski definition) is 2. The Morgan fingerprint density at radius 1 is 1.08 bits per heavy atom. The molecule has 0 rings (SSSR count). The smallest absolute Gasteiger partial charge is 0.00890 e. The molecule has 0 fully saturated rings. The Bertz CT molecular complexity index is 110. The van der Waals surface area contributed by atoms with Crippen molar-refractivity contribution in [2.24, 2.45) is 5.73 Å². The zero-order valence-electron chi connectivity index (χ0n) is 8.23. The minimum Gasteiger partial charge on any atom is -0.330 e. The van der Waals surface area contributed by atoms with Gasteiger partial charge in [0.25, 0.3) is 0 Å². The highest BCUT2D eigenvalue weighted by Crippen LogP contribution is 2.05. The van der Waals surface area contributed by atoms with Crippen LogP contribution in [0.25, 0.3) is 0 Å². The quantitative estimate of drug-likeness (QED) is 0.427. The molecular formula is C10H22N2. The molecule has 0 aliphatic rings. The lowest BCUT2D eigenvalue weighted by molar-refractivity contribution is 0.656. The molecule has 0 aliphatic heterocycles. The van der Waals surface area contributed by atoms with Crippen LogP contribution in [0, 0.1) is 5.41 Å². The minimum absolute atomic E-state index is 0.812. The average molecular weight is 170 g/mol. The van der Waals surface area contributed by atoms with Crippen molar-refractivity contribution in [2.75, 3.05) is 6.54 Å². The molecular weight excluding hydrogens is 148 g/mol. The van der Waals surface area contributed by atoms with E-state index in [2.05, 4.69) is 6.92 Å². The normalized spacial score (nSPS) is 10.2. The highest BCUT2D eigenvalue weighted by molar-refractivity contribution is 5.81. The number of nitrogens with two attached hydrogens (primary N) is 1. The van der Waals surface area contributed by atoms with Crippen molar-refractivity contribution >= 4 is 5.71 Å². The van der Waals surface area contributed by atoms with Gasteiger partial charge >= 0.3 is 0 Å². The second-order valence-electron chi connectivity index (χ2n) is 3.31. The predicted octanol–water partition coefficient (Wildman–Crippen LogP) is 2.72. The largest absolute Gasteiger partial charge is 0.330 e. The summed E-state index contributed by atoms with van der Waals surface area (Å²) in [6.45, 7) is 2.94. The third kappa shape index (κ3) is 7.73. The lowest BCUT2D eigenvalue weighted by Crippen LogP contribution is -1.99. The fraction of sp³-hybridized carbons (Fsp3) is 0.900. The van der Waals surface area contributed by atoms with Crippen molar-refractivity contribution in [3.8, 4) is 0 Å². The van der Waals surface area contributed by atoms with Gasteiger partial charge in [-0.15, -0.1) is 0 Å². The first kappa shape index (κ1) is 11.6. The summed E-state index contributed by atoms with van der Waals surface area (Å²) in [4.78, 5) is 0.